The molecule has 1 atom stereocenters. The van der Waals surface area contributed by atoms with Crippen LogP contribution in [0.2, 0.25) is 10.0 Å². The van der Waals surface area contributed by atoms with Gasteiger partial charge in [-0.3, -0.25) is 9.00 Å². The highest BCUT2D eigenvalue weighted by Gasteiger charge is 2.02. The van der Waals surface area contributed by atoms with Gasteiger partial charge in [-0.15, -0.1) is 0 Å². The molecule has 0 heterocycles. The van der Waals surface area contributed by atoms with E-state index in [1.54, 1.807) is 36.4 Å². The molecule has 2 rings (SSSR count). The molecule has 0 saturated carbocycles. The average molecular weight is 365 g/mol. The van der Waals surface area contributed by atoms with Crippen molar-refractivity contribution in [2.24, 2.45) is 0 Å². The van der Waals surface area contributed by atoms with Crippen LogP contribution in [0.15, 0.2) is 60.0 Å². The van der Waals surface area contributed by atoms with Crippen molar-refractivity contribution in [2.75, 3.05) is 5.75 Å². The van der Waals surface area contributed by atoms with Gasteiger partial charge in [0.25, 0.3) is 0 Å². The second-order valence-corrected chi connectivity index (χ2v) is 6.93. The minimum absolute atomic E-state index is 0.0474. The summed E-state index contributed by atoms with van der Waals surface area (Å²) in [7, 11) is -1.35. The van der Waals surface area contributed by atoms with E-state index >= 15 is 0 Å². The van der Waals surface area contributed by atoms with Crippen LogP contribution in [0.1, 0.15) is 11.1 Å². The van der Waals surface area contributed by atoms with Crippen LogP contribution in [0, 0.1) is 0 Å². The second-order valence-electron chi connectivity index (χ2n) is 4.73. The highest BCUT2D eigenvalue weighted by Crippen LogP contribution is 2.12. The van der Waals surface area contributed by atoms with Crippen LogP contribution in [0.4, 0.5) is 0 Å². The Morgan fingerprint density at radius 3 is 1.87 bits per heavy atom. The first kappa shape index (κ1) is 17.7. The Balaban J connectivity index is 1.88. The smallest absolute Gasteiger partial charge is 0.168 e. The van der Waals surface area contributed by atoms with Crippen LogP contribution in [-0.4, -0.2) is 15.7 Å². The van der Waals surface area contributed by atoms with Crippen molar-refractivity contribution in [3.05, 3.63) is 81.2 Å². The third-order valence-electron chi connectivity index (χ3n) is 2.90. The molecule has 0 bridgehead atoms. The Bertz CT molecular complexity index is 682. The van der Waals surface area contributed by atoms with Gasteiger partial charge in [0.05, 0.1) is 16.6 Å². The minimum Gasteiger partial charge on any atom is -0.294 e. The summed E-state index contributed by atoms with van der Waals surface area (Å²) in [5.74, 6) is -0.243. The van der Waals surface area contributed by atoms with Crippen LogP contribution < -0.4 is 0 Å². The Morgan fingerprint density at radius 2 is 1.35 bits per heavy atom. The summed E-state index contributed by atoms with van der Waals surface area (Å²) < 4.78 is 11.9. The molecule has 0 saturated heterocycles. The summed E-state index contributed by atoms with van der Waals surface area (Å²) in [5, 5.41) is 2.80. The predicted molar refractivity (Wildman–Crippen MR) is 99.0 cm³/mol. The van der Waals surface area contributed by atoms with E-state index in [0.717, 1.165) is 11.1 Å². The Hall–Kier alpha value is -1.68. The highest BCUT2D eigenvalue weighted by atomic mass is 35.5. The molecule has 2 aromatic carbocycles. The monoisotopic (exact) mass is 364 g/mol. The van der Waals surface area contributed by atoms with Crippen LogP contribution in [-0.2, 0) is 15.6 Å². The molecule has 0 amide bonds. The van der Waals surface area contributed by atoms with Gasteiger partial charge in [0.1, 0.15) is 0 Å². The molecule has 0 spiro atoms. The van der Waals surface area contributed by atoms with E-state index in [1.165, 1.54) is 11.5 Å². The summed E-state index contributed by atoms with van der Waals surface area (Å²) in [5.41, 5.74) is 1.75. The van der Waals surface area contributed by atoms with E-state index in [4.69, 9.17) is 23.2 Å². The Morgan fingerprint density at radius 1 is 0.870 bits per heavy atom. The number of rotatable bonds is 6. The molecule has 0 aromatic heterocycles. The molecule has 118 valence electrons. The molecular formula is C18H14Cl2O2S. The fourth-order valence-electron chi connectivity index (χ4n) is 1.73. The van der Waals surface area contributed by atoms with Crippen molar-refractivity contribution in [3.63, 3.8) is 0 Å². The third-order valence-corrected chi connectivity index (χ3v) is 4.41. The highest BCUT2D eigenvalue weighted by molar-refractivity contribution is 7.88. The van der Waals surface area contributed by atoms with Crippen molar-refractivity contribution >= 4 is 51.9 Å². The van der Waals surface area contributed by atoms with Gasteiger partial charge in [0.2, 0.25) is 0 Å². The first-order valence-corrected chi connectivity index (χ1v) is 8.94. The molecule has 0 N–H and O–H groups in total. The molecule has 5 heteroatoms. The maximum atomic E-state index is 11.9. The third kappa shape index (κ3) is 6.53. The largest absolute Gasteiger partial charge is 0.294 e. The molecule has 0 fully saturated rings. The summed E-state index contributed by atoms with van der Waals surface area (Å²) >= 11 is 11.6. The quantitative estimate of drug-likeness (QED) is 0.676. The average Bonchev–Trinajstić information content (AvgIpc) is 2.54. The number of hydrogen-bond acceptors (Lipinski definition) is 2. The molecule has 0 aliphatic rings. The number of carbonyl (C=O) groups is 1. The van der Waals surface area contributed by atoms with E-state index in [9.17, 15) is 9.00 Å². The zero-order valence-corrected chi connectivity index (χ0v) is 14.4. The van der Waals surface area contributed by atoms with Crippen molar-refractivity contribution < 1.29 is 9.00 Å². The number of carbonyl (C=O) groups excluding carboxylic acids is 1. The predicted octanol–water partition coefficient (Wildman–Crippen LogP) is 5.00. The van der Waals surface area contributed by atoms with E-state index in [-0.39, 0.29) is 11.5 Å². The lowest BCUT2D eigenvalue weighted by molar-refractivity contribution is -0.112. The number of halogens is 2. The fraction of sp³-hybridized carbons (Fsp3) is 0.0556. The van der Waals surface area contributed by atoms with Gasteiger partial charge in [0.15, 0.2) is 5.78 Å². The molecule has 0 aliphatic heterocycles. The standard InChI is InChI=1S/C18H14Cl2O2S/c19-16-6-1-14(2-7-16)5-10-18(21)13-23(22)12-11-15-3-8-17(20)9-4-15/h1-12H,13H2/b10-5+,12-11-. The van der Waals surface area contributed by atoms with Crippen LogP contribution >= 0.6 is 23.2 Å². The summed E-state index contributed by atoms with van der Waals surface area (Å²) in [6.07, 6.45) is 4.82. The maximum Gasteiger partial charge on any atom is 0.168 e. The molecule has 2 nitrogen and oxygen atoms in total. The van der Waals surface area contributed by atoms with Crippen molar-refractivity contribution in [2.45, 2.75) is 0 Å². The molecule has 0 radical (unpaired) electrons. The molecule has 0 aliphatic carbocycles. The van der Waals surface area contributed by atoms with Crippen LogP contribution in [0.5, 0.6) is 0 Å². The minimum atomic E-state index is -1.35. The zero-order valence-electron chi connectivity index (χ0n) is 12.1. The Kier molecular flexibility index (Phi) is 6.78. The maximum absolute atomic E-state index is 11.9. The van der Waals surface area contributed by atoms with Gasteiger partial charge in [0, 0.05) is 15.5 Å². The first-order valence-electron chi connectivity index (χ1n) is 6.80. The number of benzene rings is 2. The van der Waals surface area contributed by atoms with Gasteiger partial charge in [-0.05, 0) is 47.5 Å². The van der Waals surface area contributed by atoms with Gasteiger partial charge < -0.3 is 0 Å². The SMILES string of the molecule is O=C(/C=C/c1ccc(Cl)cc1)CS(=O)/C=C\c1ccc(Cl)cc1. The normalized spacial score (nSPS) is 12.8. The molecule has 1 unspecified atom stereocenters. The van der Waals surface area contributed by atoms with Crippen molar-refractivity contribution in [1.82, 2.24) is 0 Å². The van der Waals surface area contributed by atoms with Gasteiger partial charge in [-0.25, -0.2) is 0 Å². The summed E-state index contributed by atoms with van der Waals surface area (Å²) in [6, 6.07) is 14.3. The van der Waals surface area contributed by atoms with Crippen LogP contribution in [0.25, 0.3) is 12.2 Å². The van der Waals surface area contributed by atoms with Crippen molar-refractivity contribution in [1.29, 1.82) is 0 Å². The molecular weight excluding hydrogens is 351 g/mol. The van der Waals surface area contributed by atoms with E-state index in [0.29, 0.717) is 10.0 Å². The Labute approximate surface area is 147 Å². The lowest BCUT2D eigenvalue weighted by Crippen LogP contribution is -2.05. The summed E-state index contributed by atoms with van der Waals surface area (Å²) in [6.45, 7) is 0. The van der Waals surface area contributed by atoms with Crippen molar-refractivity contribution in [3.8, 4) is 0 Å². The van der Waals surface area contributed by atoms with Crippen LogP contribution in [0.3, 0.4) is 0 Å². The van der Waals surface area contributed by atoms with E-state index in [2.05, 4.69) is 0 Å². The van der Waals surface area contributed by atoms with Gasteiger partial charge >= 0.3 is 0 Å². The van der Waals surface area contributed by atoms with E-state index < -0.39 is 10.8 Å². The number of allylic oxidation sites excluding steroid dienone is 1. The van der Waals surface area contributed by atoms with Gasteiger partial charge in [-0.2, -0.15) is 0 Å². The topological polar surface area (TPSA) is 34.1 Å². The molecule has 2 aromatic rings. The second kappa shape index (κ2) is 8.82. The van der Waals surface area contributed by atoms with E-state index in [1.807, 2.05) is 24.3 Å². The zero-order chi connectivity index (χ0) is 16.7. The lowest BCUT2D eigenvalue weighted by atomic mass is 10.2. The van der Waals surface area contributed by atoms with Gasteiger partial charge in [-0.1, -0.05) is 53.5 Å². The lowest BCUT2D eigenvalue weighted by Gasteiger charge is -1.95. The number of hydrogen-bond donors (Lipinski definition) is 0. The first-order chi connectivity index (χ1) is 11.0. The number of ketones is 1. The molecule has 23 heavy (non-hydrogen) atoms. The summed E-state index contributed by atoms with van der Waals surface area (Å²) in [4.78, 5) is 11.8. The fourth-order valence-corrected chi connectivity index (χ4v) is 2.76.